The summed E-state index contributed by atoms with van der Waals surface area (Å²) in [6.45, 7) is 2.26. The minimum Gasteiger partial charge on any atom is -0.329 e. The molecule has 0 heterocycles. The molecule has 0 amide bonds. The zero-order chi connectivity index (χ0) is 15.9. The van der Waals surface area contributed by atoms with E-state index in [0.29, 0.717) is 12.1 Å². The van der Waals surface area contributed by atoms with Gasteiger partial charge in [0.1, 0.15) is 0 Å². The van der Waals surface area contributed by atoms with Crippen molar-refractivity contribution in [2.75, 3.05) is 23.6 Å². The minimum absolute atomic E-state index is 0. The number of hydrogen-bond donors (Lipinski definition) is 3. The van der Waals surface area contributed by atoms with Crippen molar-refractivity contribution in [1.82, 2.24) is 4.72 Å². The maximum atomic E-state index is 11.8. The number of benzene rings is 1. The monoisotopic (exact) mass is 371 g/mol. The predicted molar refractivity (Wildman–Crippen MR) is 90.3 cm³/mol. The summed E-state index contributed by atoms with van der Waals surface area (Å²) in [4.78, 5) is 0.0625. The van der Waals surface area contributed by atoms with Crippen molar-refractivity contribution in [3.63, 3.8) is 0 Å². The van der Waals surface area contributed by atoms with Crippen molar-refractivity contribution in [3.05, 3.63) is 24.3 Å². The van der Waals surface area contributed by atoms with Crippen LogP contribution in [0.5, 0.6) is 0 Å². The number of nitrogens with two attached hydrogens (primary N) is 1. The van der Waals surface area contributed by atoms with Gasteiger partial charge in [0.15, 0.2) is 0 Å². The summed E-state index contributed by atoms with van der Waals surface area (Å²) in [7, 11) is -7.00. The molecular weight excluding hydrogens is 350 g/mol. The second-order valence-electron chi connectivity index (χ2n) is 4.49. The number of unbranched alkanes of at least 4 members (excludes halogenated alkanes) is 1. The van der Waals surface area contributed by atoms with Gasteiger partial charge in [-0.15, -0.1) is 12.4 Å². The number of anilines is 1. The summed E-state index contributed by atoms with van der Waals surface area (Å²) in [5.41, 5.74) is 5.58. The van der Waals surface area contributed by atoms with Crippen molar-refractivity contribution in [1.29, 1.82) is 0 Å². The highest BCUT2D eigenvalue weighted by Crippen LogP contribution is 2.15. The van der Waals surface area contributed by atoms with E-state index in [2.05, 4.69) is 9.44 Å². The maximum Gasteiger partial charge on any atom is 0.240 e. The largest absolute Gasteiger partial charge is 0.329 e. The van der Waals surface area contributed by atoms with Crippen LogP contribution < -0.4 is 15.2 Å². The van der Waals surface area contributed by atoms with Gasteiger partial charge in [0.25, 0.3) is 0 Å². The summed E-state index contributed by atoms with van der Waals surface area (Å²) in [5, 5.41) is 0. The summed E-state index contributed by atoms with van der Waals surface area (Å²) < 4.78 is 51.8. The molecule has 0 spiro atoms. The molecule has 0 radical (unpaired) electrons. The van der Waals surface area contributed by atoms with Gasteiger partial charge in [-0.3, -0.25) is 4.72 Å². The highest BCUT2D eigenvalue weighted by Gasteiger charge is 2.14. The Labute approximate surface area is 138 Å². The van der Waals surface area contributed by atoms with E-state index in [1.165, 1.54) is 24.3 Å². The average Bonchev–Trinajstić information content (AvgIpc) is 2.43. The standard InChI is InChI=1S/C12H21N3O4S2.ClH/c1-2-3-10-20(16,17)15-11-4-6-12(7-5-11)21(18,19)14-9-8-13;/h4-7,14-15H,2-3,8-10,13H2,1H3;1H. The second-order valence-corrected chi connectivity index (χ2v) is 8.09. The lowest BCUT2D eigenvalue weighted by molar-refractivity contribution is 0.582. The molecule has 4 N–H and O–H groups in total. The first-order valence-corrected chi connectivity index (χ1v) is 9.74. The molecule has 0 aliphatic rings. The zero-order valence-corrected chi connectivity index (χ0v) is 14.7. The van der Waals surface area contributed by atoms with Gasteiger partial charge in [0.05, 0.1) is 10.6 Å². The Hall–Kier alpha value is -0.870. The van der Waals surface area contributed by atoms with Gasteiger partial charge in [0, 0.05) is 18.8 Å². The molecule has 0 bridgehead atoms. The SMILES string of the molecule is CCCCS(=O)(=O)Nc1ccc(S(=O)(=O)NCCN)cc1.Cl. The van der Waals surface area contributed by atoms with E-state index in [9.17, 15) is 16.8 Å². The van der Waals surface area contributed by atoms with E-state index >= 15 is 0 Å². The first kappa shape index (κ1) is 21.1. The van der Waals surface area contributed by atoms with Gasteiger partial charge in [0.2, 0.25) is 20.0 Å². The second kappa shape index (κ2) is 9.31. The Morgan fingerprint density at radius 3 is 2.18 bits per heavy atom. The Morgan fingerprint density at radius 1 is 1.09 bits per heavy atom. The summed E-state index contributed by atoms with van der Waals surface area (Å²) in [6, 6.07) is 5.52. The normalized spacial score (nSPS) is 11.7. The molecule has 0 fully saturated rings. The number of nitrogens with one attached hydrogen (secondary N) is 2. The van der Waals surface area contributed by atoms with Crippen LogP contribution in [0.4, 0.5) is 5.69 Å². The van der Waals surface area contributed by atoms with Crippen LogP contribution in [-0.4, -0.2) is 35.7 Å². The molecule has 0 saturated carbocycles. The van der Waals surface area contributed by atoms with Crippen molar-refractivity contribution in [2.24, 2.45) is 5.73 Å². The van der Waals surface area contributed by atoms with Gasteiger partial charge >= 0.3 is 0 Å². The fraction of sp³-hybridized carbons (Fsp3) is 0.500. The van der Waals surface area contributed by atoms with Crippen molar-refractivity contribution in [2.45, 2.75) is 24.7 Å². The number of halogens is 1. The molecule has 128 valence electrons. The van der Waals surface area contributed by atoms with Crippen molar-refractivity contribution in [3.8, 4) is 0 Å². The van der Waals surface area contributed by atoms with Crippen LogP contribution in [0.25, 0.3) is 0 Å². The average molecular weight is 372 g/mol. The first-order valence-electron chi connectivity index (χ1n) is 6.61. The molecule has 0 aromatic heterocycles. The number of rotatable bonds is 9. The van der Waals surface area contributed by atoms with E-state index in [1.54, 1.807) is 0 Å². The highest BCUT2D eigenvalue weighted by atomic mass is 35.5. The molecule has 1 aromatic carbocycles. The summed E-state index contributed by atoms with van der Waals surface area (Å²) >= 11 is 0. The number of sulfonamides is 2. The fourth-order valence-electron chi connectivity index (χ4n) is 1.54. The van der Waals surface area contributed by atoms with Crippen LogP contribution in [0.15, 0.2) is 29.2 Å². The predicted octanol–water partition coefficient (Wildman–Crippen LogP) is 0.887. The lowest BCUT2D eigenvalue weighted by Gasteiger charge is -2.09. The van der Waals surface area contributed by atoms with Gasteiger partial charge in [-0.25, -0.2) is 21.6 Å². The van der Waals surface area contributed by atoms with E-state index in [1.807, 2.05) is 6.92 Å². The van der Waals surface area contributed by atoms with E-state index in [0.717, 1.165) is 6.42 Å². The van der Waals surface area contributed by atoms with Crippen LogP contribution in [0.2, 0.25) is 0 Å². The first-order chi connectivity index (χ1) is 9.80. The summed E-state index contributed by atoms with van der Waals surface area (Å²) in [5.74, 6) is 0.0433. The highest BCUT2D eigenvalue weighted by molar-refractivity contribution is 7.92. The number of hydrogen-bond acceptors (Lipinski definition) is 5. The topological polar surface area (TPSA) is 118 Å². The van der Waals surface area contributed by atoms with Crippen molar-refractivity contribution >= 4 is 38.1 Å². The van der Waals surface area contributed by atoms with Crippen molar-refractivity contribution < 1.29 is 16.8 Å². The molecule has 0 aliphatic heterocycles. The third kappa shape index (κ3) is 6.93. The zero-order valence-electron chi connectivity index (χ0n) is 12.3. The van der Waals surface area contributed by atoms with Gasteiger partial charge in [-0.1, -0.05) is 13.3 Å². The summed E-state index contributed by atoms with van der Waals surface area (Å²) in [6.07, 6.45) is 1.36. The van der Waals surface area contributed by atoms with Gasteiger partial charge in [-0.05, 0) is 30.7 Å². The van der Waals surface area contributed by atoms with Crippen LogP contribution in [-0.2, 0) is 20.0 Å². The van der Waals surface area contributed by atoms with Gasteiger partial charge in [-0.2, -0.15) is 0 Å². The third-order valence-electron chi connectivity index (χ3n) is 2.64. The lowest BCUT2D eigenvalue weighted by atomic mass is 10.3. The lowest BCUT2D eigenvalue weighted by Crippen LogP contribution is -2.29. The molecule has 7 nitrogen and oxygen atoms in total. The molecule has 0 aliphatic carbocycles. The van der Waals surface area contributed by atoms with Crippen LogP contribution in [0.3, 0.4) is 0 Å². The molecule has 22 heavy (non-hydrogen) atoms. The van der Waals surface area contributed by atoms with Crippen LogP contribution >= 0.6 is 12.4 Å². The molecule has 0 unspecified atom stereocenters. The van der Waals surface area contributed by atoms with E-state index in [4.69, 9.17) is 5.73 Å². The Kier molecular flexibility index (Phi) is 8.94. The molecular formula is C12H22ClN3O4S2. The fourth-order valence-corrected chi connectivity index (χ4v) is 3.86. The molecule has 10 heteroatoms. The Morgan fingerprint density at radius 2 is 1.68 bits per heavy atom. The maximum absolute atomic E-state index is 11.8. The third-order valence-corrected chi connectivity index (χ3v) is 5.49. The van der Waals surface area contributed by atoms with Crippen LogP contribution in [0, 0.1) is 0 Å². The minimum atomic E-state index is -3.60. The molecule has 0 saturated heterocycles. The molecule has 1 aromatic rings. The van der Waals surface area contributed by atoms with Gasteiger partial charge < -0.3 is 5.73 Å². The Balaban J connectivity index is 0.00000441. The molecule has 0 atom stereocenters. The Bertz CT molecular complexity index is 645. The smallest absolute Gasteiger partial charge is 0.240 e. The quantitative estimate of drug-likeness (QED) is 0.595. The molecule has 1 rings (SSSR count). The van der Waals surface area contributed by atoms with E-state index in [-0.39, 0.29) is 36.1 Å². The van der Waals surface area contributed by atoms with E-state index < -0.39 is 20.0 Å². The van der Waals surface area contributed by atoms with Crippen LogP contribution in [0.1, 0.15) is 19.8 Å².